The van der Waals surface area contributed by atoms with Crippen LogP contribution in [0.3, 0.4) is 0 Å². The van der Waals surface area contributed by atoms with Crippen LogP contribution in [0.2, 0.25) is 15.1 Å². The van der Waals surface area contributed by atoms with Crippen LogP contribution in [0.5, 0.6) is 0 Å². The summed E-state index contributed by atoms with van der Waals surface area (Å²) in [5, 5.41) is 4.57. The average Bonchev–Trinajstić information content (AvgIpc) is 3.59. The molecule has 2 fully saturated rings. The van der Waals surface area contributed by atoms with Gasteiger partial charge in [0.1, 0.15) is 0 Å². The second-order valence-electron chi connectivity index (χ2n) is 10.4. The first-order valence-electron chi connectivity index (χ1n) is 12.6. The highest BCUT2D eigenvalue weighted by Gasteiger charge is 2.37. The number of likely N-dealkylation sites (tertiary alicyclic amines) is 1. The molecule has 186 valence electrons. The number of carbonyl (C=O) groups excluding carboxylic acids is 1. The number of fused-ring (bicyclic) bond motifs is 1. The molecule has 6 rings (SSSR count). The van der Waals surface area contributed by atoms with E-state index in [2.05, 4.69) is 29.3 Å². The van der Waals surface area contributed by atoms with Crippen LogP contribution in [0.1, 0.15) is 36.8 Å². The van der Waals surface area contributed by atoms with E-state index in [0.29, 0.717) is 39.1 Å². The van der Waals surface area contributed by atoms with Crippen molar-refractivity contribution >= 4 is 52.2 Å². The summed E-state index contributed by atoms with van der Waals surface area (Å²) in [4.78, 5) is 17.6. The summed E-state index contributed by atoms with van der Waals surface area (Å²) in [5.74, 6) is 1.74. The van der Waals surface area contributed by atoms with Crippen molar-refractivity contribution in [3.63, 3.8) is 0 Å². The summed E-state index contributed by atoms with van der Waals surface area (Å²) in [5.41, 5.74) is 5.53. The quantitative estimate of drug-likeness (QED) is 0.355. The van der Waals surface area contributed by atoms with E-state index in [1.165, 1.54) is 24.9 Å². The Morgan fingerprint density at radius 2 is 1.64 bits per heavy atom. The highest BCUT2D eigenvalue weighted by Crippen LogP contribution is 2.47. The molecule has 3 aromatic carbocycles. The van der Waals surface area contributed by atoms with Crippen molar-refractivity contribution in [2.45, 2.75) is 32.2 Å². The standard InChI is InChI=1S/C29H28Cl3N3O/c1-17-14-34(15-18-9-10-18)16-23(17)19-11-21(20-5-2-3-6-24(20)30)22-13-33-29(36)35(27(22)12-19)28-25(31)7-4-8-26(28)32/h2-8,11-12,17-18,23H,9-10,13-16H2,1H3,(H,33,36)/t17-,23?/m0/s1. The molecular weight excluding hydrogens is 513 g/mol. The molecule has 1 N–H and O–H groups in total. The number of carbonyl (C=O) groups is 1. The van der Waals surface area contributed by atoms with Crippen LogP contribution in [-0.2, 0) is 6.54 Å². The largest absolute Gasteiger partial charge is 0.333 e. The first-order valence-corrected chi connectivity index (χ1v) is 13.7. The topological polar surface area (TPSA) is 35.6 Å². The van der Waals surface area contributed by atoms with Gasteiger partial charge in [0.25, 0.3) is 0 Å². The van der Waals surface area contributed by atoms with Crippen LogP contribution in [0.15, 0.2) is 54.6 Å². The van der Waals surface area contributed by atoms with Crippen molar-refractivity contribution in [1.82, 2.24) is 10.2 Å². The summed E-state index contributed by atoms with van der Waals surface area (Å²) < 4.78 is 0. The van der Waals surface area contributed by atoms with Crippen LogP contribution in [0, 0.1) is 11.8 Å². The Morgan fingerprint density at radius 1 is 0.917 bits per heavy atom. The minimum atomic E-state index is -0.241. The number of hydrogen-bond donors (Lipinski definition) is 1. The van der Waals surface area contributed by atoms with Crippen molar-refractivity contribution in [1.29, 1.82) is 0 Å². The molecule has 1 aliphatic carbocycles. The zero-order valence-electron chi connectivity index (χ0n) is 20.1. The van der Waals surface area contributed by atoms with Gasteiger partial charge in [-0.05, 0) is 60.1 Å². The van der Waals surface area contributed by atoms with Gasteiger partial charge in [-0.1, -0.05) is 72.1 Å². The van der Waals surface area contributed by atoms with Gasteiger partial charge in [-0.2, -0.15) is 0 Å². The number of para-hydroxylation sites is 1. The molecule has 2 atom stereocenters. The van der Waals surface area contributed by atoms with Gasteiger partial charge < -0.3 is 10.2 Å². The van der Waals surface area contributed by atoms with E-state index < -0.39 is 0 Å². The number of urea groups is 1. The third kappa shape index (κ3) is 4.39. The molecule has 7 heteroatoms. The molecule has 0 radical (unpaired) electrons. The van der Waals surface area contributed by atoms with Gasteiger partial charge in [0.15, 0.2) is 0 Å². The highest BCUT2D eigenvalue weighted by molar-refractivity contribution is 6.40. The van der Waals surface area contributed by atoms with E-state index in [-0.39, 0.29) is 6.03 Å². The first kappa shape index (κ1) is 24.1. The smallest absolute Gasteiger partial charge is 0.326 e. The molecule has 1 saturated heterocycles. The molecule has 4 nitrogen and oxygen atoms in total. The van der Waals surface area contributed by atoms with Crippen molar-refractivity contribution < 1.29 is 4.79 Å². The van der Waals surface area contributed by atoms with E-state index in [1.54, 1.807) is 23.1 Å². The third-order valence-electron chi connectivity index (χ3n) is 7.76. The summed E-state index contributed by atoms with van der Waals surface area (Å²) in [6.45, 7) is 6.05. The number of nitrogens with one attached hydrogen (secondary N) is 1. The Bertz CT molecular complexity index is 1320. The molecule has 1 unspecified atom stereocenters. The van der Waals surface area contributed by atoms with E-state index in [9.17, 15) is 4.79 Å². The Labute approximate surface area is 227 Å². The fourth-order valence-corrected chi connectivity index (χ4v) is 6.59. The van der Waals surface area contributed by atoms with Gasteiger partial charge >= 0.3 is 6.03 Å². The number of hydrogen-bond acceptors (Lipinski definition) is 2. The zero-order chi connectivity index (χ0) is 25.0. The molecule has 2 heterocycles. The second-order valence-corrected chi connectivity index (χ2v) is 11.6. The lowest BCUT2D eigenvalue weighted by molar-refractivity contribution is 0.247. The third-order valence-corrected chi connectivity index (χ3v) is 8.70. The lowest BCUT2D eigenvalue weighted by Crippen LogP contribution is -2.41. The summed E-state index contributed by atoms with van der Waals surface area (Å²) in [6.07, 6.45) is 2.71. The average molecular weight is 541 g/mol. The Kier molecular flexibility index (Phi) is 6.41. The van der Waals surface area contributed by atoms with Crippen LogP contribution in [0.25, 0.3) is 11.1 Å². The maximum atomic E-state index is 13.3. The Balaban J connectivity index is 1.53. The zero-order valence-corrected chi connectivity index (χ0v) is 22.4. The van der Waals surface area contributed by atoms with Crippen molar-refractivity contribution in [3.8, 4) is 11.1 Å². The summed E-state index contributed by atoms with van der Waals surface area (Å²) in [7, 11) is 0. The maximum absolute atomic E-state index is 13.3. The molecule has 3 aromatic rings. The predicted molar refractivity (Wildman–Crippen MR) is 149 cm³/mol. The number of benzene rings is 3. The number of anilines is 2. The van der Waals surface area contributed by atoms with E-state index in [1.807, 2.05) is 24.3 Å². The van der Waals surface area contributed by atoms with E-state index in [0.717, 1.165) is 41.4 Å². The number of rotatable bonds is 5. The molecule has 3 aliphatic rings. The minimum absolute atomic E-state index is 0.241. The lowest BCUT2D eigenvalue weighted by atomic mass is 9.85. The molecule has 0 aromatic heterocycles. The van der Waals surface area contributed by atoms with Gasteiger partial charge in [0.2, 0.25) is 0 Å². The lowest BCUT2D eigenvalue weighted by Gasteiger charge is -2.34. The molecule has 1 saturated carbocycles. The van der Waals surface area contributed by atoms with Gasteiger partial charge in [-0.15, -0.1) is 0 Å². The van der Waals surface area contributed by atoms with E-state index in [4.69, 9.17) is 34.8 Å². The molecule has 2 amide bonds. The Hall–Kier alpha value is -2.24. The second kappa shape index (κ2) is 9.57. The van der Waals surface area contributed by atoms with Crippen molar-refractivity contribution in [3.05, 3.63) is 80.8 Å². The highest BCUT2D eigenvalue weighted by atomic mass is 35.5. The van der Waals surface area contributed by atoms with Gasteiger partial charge in [-0.25, -0.2) is 4.79 Å². The normalized spacial score (nSPS) is 22.0. The maximum Gasteiger partial charge on any atom is 0.326 e. The van der Waals surface area contributed by atoms with Crippen LogP contribution in [-0.4, -0.2) is 30.6 Å². The molecular formula is C29H28Cl3N3O. The fourth-order valence-electron chi connectivity index (χ4n) is 5.79. The fraction of sp³-hybridized carbons (Fsp3) is 0.345. The first-order chi connectivity index (χ1) is 17.4. The van der Waals surface area contributed by atoms with Crippen molar-refractivity contribution in [2.24, 2.45) is 11.8 Å². The molecule has 2 aliphatic heterocycles. The molecule has 0 spiro atoms. The van der Waals surface area contributed by atoms with Crippen LogP contribution < -0.4 is 10.2 Å². The monoisotopic (exact) mass is 539 g/mol. The van der Waals surface area contributed by atoms with Gasteiger partial charge in [0.05, 0.1) is 21.4 Å². The van der Waals surface area contributed by atoms with E-state index >= 15 is 0 Å². The Morgan fingerprint density at radius 3 is 2.36 bits per heavy atom. The number of nitrogens with zero attached hydrogens (tertiary/aromatic N) is 2. The minimum Gasteiger partial charge on any atom is -0.333 e. The number of amides is 2. The van der Waals surface area contributed by atoms with Crippen LogP contribution >= 0.6 is 34.8 Å². The predicted octanol–water partition coefficient (Wildman–Crippen LogP) is 8.12. The number of halogens is 3. The molecule has 36 heavy (non-hydrogen) atoms. The summed E-state index contributed by atoms with van der Waals surface area (Å²) in [6, 6.07) is 17.4. The van der Waals surface area contributed by atoms with Gasteiger partial charge in [-0.3, -0.25) is 4.90 Å². The van der Waals surface area contributed by atoms with Crippen LogP contribution in [0.4, 0.5) is 16.2 Å². The molecule has 0 bridgehead atoms. The van der Waals surface area contributed by atoms with Gasteiger partial charge in [0, 0.05) is 48.2 Å². The summed E-state index contributed by atoms with van der Waals surface area (Å²) >= 11 is 19.9. The SMILES string of the molecule is C[C@H]1CN(CC2CC2)CC1c1cc(-c2ccccc2Cl)c2c(c1)N(c1c(Cl)cccc1Cl)C(=O)NC2. The van der Waals surface area contributed by atoms with Crippen molar-refractivity contribution in [2.75, 3.05) is 24.5 Å².